The van der Waals surface area contributed by atoms with Crippen molar-refractivity contribution in [3.05, 3.63) is 64.1 Å². The summed E-state index contributed by atoms with van der Waals surface area (Å²) < 4.78 is 1.05. The second-order valence-corrected chi connectivity index (χ2v) is 8.47. The van der Waals surface area contributed by atoms with Gasteiger partial charge in [0.25, 0.3) is 5.91 Å². The Morgan fingerprint density at radius 2 is 1.70 bits per heavy atom. The molecule has 1 saturated heterocycles. The number of hydrogen-bond acceptors (Lipinski definition) is 3. The molecule has 27 heavy (non-hydrogen) atoms. The lowest BCUT2D eigenvalue weighted by Gasteiger charge is -2.27. The van der Waals surface area contributed by atoms with Gasteiger partial charge in [0.2, 0.25) is 5.91 Å². The first-order valence-corrected chi connectivity index (χ1v) is 11.1. The lowest BCUT2D eigenvalue weighted by Crippen LogP contribution is -2.36. The molecule has 0 radical (unpaired) electrons. The first-order valence-electron chi connectivity index (χ1n) is 9.14. The first kappa shape index (κ1) is 20.0. The maximum Gasteiger partial charge on any atom is 0.255 e. The normalized spacial score (nSPS) is 14.0. The molecule has 1 aliphatic rings. The Kier molecular flexibility index (Phi) is 7.35. The second-order valence-electron chi connectivity index (χ2n) is 6.57. The van der Waals surface area contributed by atoms with Gasteiger partial charge in [0.05, 0.1) is 17.0 Å². The number of thioether (sulfide) groups is 1. The van der Waals surface area contributed by atoms with Crippen molar-refractivity contribution < 1.29 is 9.59 Å². The molecule has 0 aliphatic carbocycles. The van der Waals surface area contributed by atoms with Crippen LogP contribution in [0.15, 0.2) is 53.0 Å². The van der Waals surface area contributed by atoms with Gasteiger partial charge < -0.3 is 10.2 Å². The fourth-order valence-electron chi connectivity index (χ4n) is 3.07. The number of hydrogen-bond donors (Lipinski definition) is 1. The van der Waals surface area contributed by atoms with Crippen LogP contribution < -0.4 is 5.32 Å². The molecule has 0 spiro atoms. The van der Waals surface area contributed by atoms with Gasteiger partial charge in [0.1, 0.15) is 0 Å². The molecule has 142 valence electrons. The van der Waals surface area contributed by atoms with Gasteiger partial charge in [0, 0.05) is 23.3 Å². The molecular weight excluding hydrogens is 424 g/mol. The van der Waals surface area contributed by atoms with Crippen LogP contribution in [0.1, 0.15) is 35.2 Å². The summed E-state index contributed by atoms with van der Waals surface area (Å²) in [5.74, 6) is 1.04. The average Bonchev–Trinajstić information content (AvgIpc) is 2.70. The summed E-state index contributed by atoms with van der Waals surface area (Å²) in [6, 6.07) is 15.4. The lowest BCUT2D eigenvalue weighted by atomic mass is 10.1. The predicted molar refractivity (Wildman–Crippen MR) is 115 cm³/mol. The van der Waals surface area contributed by atoms with E-state index in [1.165, 1.54) is 12.0 Å². The number of benzene rings is 2. The molecule has 3 rings (SSSR count). The van der Waals surface area contributed by atoms with Gasteiger partial charge in [-0.2, -0.15) is 0 Å². The van der Waals surface area contributed by atoms with Crippen LogP contribution in [0.5, 0.6) is 0 Å². The molecule has 0 atom stereocenters. The van der Waals surface area contributed by atoms with Gasteiger partial charge in [-0.25, -0.2) is 0 Å². The topological polar surface area (TPSA) is 49.4 Å². The van der Waals surface area contributed by atoms with Crippen LogP contribution in [-0.4, -0.2) is 35.6 Å². The minimum absolute atomic E-state index is 0.00751. The summed E-state index contributed by atoms with van der Waals surface area (Å²) in [6.45, 7) is 1.59. The van der Waals surface area contributed by atoms with Gasteiger partial charge in [-0.3, -0.25) is 9.59 Å². The highest BCUT2D eigenvalue weighted by Crippen LogP contribution is 2.21. The van der Waals surface area contributed by atoms with Crippen molar-refractivity contribution in [2.24, 2.45) is 0 Å². The molecule has 0 unspecified atom stereocenters. The van der Waals surface area contributed by atoms with Crippen molar-refractivity contribution >= 4 is 45.2 Å². The number of rotatable bonds is 6. The largest absolute Gasteiger partial charge is 0.339 e. The second kappa shape index (κ2) is 9.95. The van der Waals surface area contributed by atoms with E-state index in [1.807, 2.05) is 41.3 Å². The minimum Gasteiger partial charge on any atom is -0.339 e. The van der Waals surface area contributed by atoms with Crippen molar-refractivity contribution in [3.8, 4) is 0 Å². The maximum atomic E-state index is 12.8. The molecule has 2 aromatic carbocycles. The van der Waals surface area contributed by atoms with Crippen molar-refractivity contribution in [3.63, 3.8) is 0 Å². The quantitative estimate of drug-likeness (QED) is 0.682. The van der Waals surface area contributed by atoms with Gasteiger partial charge in [-0.05, 0) is 49.1 Å². The Hall–Kier alpha value is -1.79. The average molecular weight is 447 g/mol. The summed E-state index contributed by atoms with van der Waals surface area (Å²) in [4.78, 5) is 27.0. The van der Waals surface area contributed by atoms with E-state index in [1.54, 1.807) is 23.9 Å². The molecule has 6 heteroatoms. The Balaban J connectivity index is 1.55. The SMILES string of the molecule is O=C(CSCc1ccc(Br)cc1)Nc1ccccc1C(=O)N1CCCCC1. The van der Waals surface area contributed by atoms with Crippen LogP contribution >= 0.6 is 27.7 Å². The minimum atomic E-state index is -0.0870. The van der Waals surface area contributed by atoms with Crippen molar-refractivity contribution in [1.82, 2.24) is 4.90 Å². The zero-order chi connectivity index (χ0) is 19.1. The molecule has 0 bridgehead atoms. The summed E-state index contributed by atoms with van der Waals surface area (Å²) in [7, 11) is 0. The fraction of sp³-hybridized carbons (Fsp3) is 0.333. The van der Waals surface area contributed by atoms with Crippen molar-refractivity contribution in [1.29, 1.82) is 0 Å². The number of amides is 2. The Morgan fingerprint density at radius 1 is 1.00 bits per heavy atom. The number of para-hydroxylation sites is 1. The molecule has 2 aromatic rings. The van der Waals surface area contributed by atoms with Gasteiger partial charge >= 0.3 is 0 Å². The van der Waals surface area contributed by atoms with E-state index in [2.05, 4.69) is 21.2 Å². The van der Waals surface area contributed by atoms with Gasteiger partial charge in [-0.15, -0.1) is 11.8 Å². The molecular formula is C21H23BrN2O2S. The summed E-state index contributed by atoms with van der Waals surface area (Å²) in [6.07, 6.45) is 3.28. The number of carbonyl (C=O) groups is 2. The number of piperidine rings is 1. The zero-order valence-corrected chi connectivity index (χ0v) is 17.5. The molecule has 1 fully saturated rings. The smallest absolute Gasteiger partial charge is 0.255 e. The summed E-state index contributed by atoms with van der Waals surface area (Å²) in [5, 5.41) is 2.91. The standard InChI is InChI=1S/C21H23BrN2O2S/c22-17-10-8-16(9-11-17)14-27-15-20(25)23-19-7-3-2-6-18(19)21(26)24-12-4-1-5-13-24/h2-3,6-11H,1,4-5,12-15H2,(H,23,25). The first-order chi connectivity index (χ1) is 13.1. The Morgan fingerprint density at radius 3 is 2.44 bits per heavy atom. The molecule has 4 nitrogen and oxygen atoms in total. The van der Waals surface area contributed by atoms with E-state index in [9.17, 15) is 9.59 Å². The maximum absolute atomic E-state index is 12.8. The van der Waals surface area contributed by atoms with E-state index in [0.717, 1.165) is 36.2 Å². The highest BCUT2D eigenvalue weighted by atomic mass is 79.9. The Bertz CT molecular complexity index is 789. The molecule has 1 aliphatic heterocycles. The van der Waals surface area contributed by atoms with Crippen LogP contribution in [0.3, 0.4) is 0 Å². The number of anilines is 1. The summed E-state index contributed by atoms with van der Waals surface area (Å²) >= 11 is 4.98. The highest BCUT2D eigenvalue weighted by Gasteiger charge is 2.21. The van der Waals surface area contributed by atoms with Gasteiger partial charge in [0.15, 0.2) is 0 Å². The van der Waals surface area contributed by atoms with Crippen molar-refractivity contribution in [2.75, 3.05) is 24.2 Å². The summed E-state index contributed by atoms with van der Waals surface area (Å²) in [5.41, 5.74) is 2.35. The van der Waals surface area contributed by atoms with Gasteiger partial charge in [-0.1, -0.05) is 40.2 Å². The third-order valence-electron chi connectivity index (χ3n) is 4.49. The van der Waals surface area contributed by atoms with E-state index in [4.69, 9.17) is 0 Å². The van der Waals surface area contributed by atoms with E-state index < -0.39 is 0 Å². The van der Waals surface area contributed by atoms with E-state index in [0.29, 0.717) is 17.0 Å². The molecule has 2 amide bonds. The number of likely N-dealkylation sites (tertiary alicyclic amines) is 1. The molecule has 0 saturated carbocycles. The van der Waals surface area contributed by atoms with E-state index >= 15 is 0 Å². The fourth-order valence-corrected chi connectivity index (χ4v) is 4.13. The van der Waals surface area contributed by atoms with Crippen LogP contribution in [0.4, 0.5) is 5.69 Å². The van der Waals surface area contributed by atoms with E-state index in [-0.39, 0.29) is 11.8 Å². The molecule has 1 heterocycles. The van der Waals surface area contributed by atoms with Crippen LogP contribution in [0, 0.1) is 0 Å². The van der Waals surface area contributed by atoms with Crippen LogP contribution in [-0.2, 0) is 10.5 Å². The number of nitrogens with one attached hydrogen (secondary N) is 1. The lowest BCUT2D eigenvalue weighted by molar-refractivity contribution is -0.113. The highest BCUT2D eigenvalue weighted by molar-refractivity contribution is 9.10. The zero-order valence-electron chi connectivity index (χ0n) is 15.1. The Labute approximate surface area is 172 Å². The third kappa shape index (κ3) is 5.84. The molecule has 1 N–H and O–H groups in total. The monoisotopic (exact) mass is 446 g/mol. The number of halogens is 1. The van der Waals surface area contributed by atoms with Crippen LogP contribution in [0.25, 0.3) is 0 Å². The predicted octanol–water partition coefficient (Wildman–Crippen LogP) is 4.95. The van der Waals surface area contributed by atoms with Crippen LogP contribution in [0.2, 0.25) is 0 Å². The van der Waals surface area contributed by atoms with Crippen molar-refractivity contribution in [2.45, 2.75) is 25.0 Å². The third-order valence-corrected chi connectivity index (χ3v) is 6.02. The number of carbonyl (C=O) groups excluding carboxylic acids is 2. The molecule has 0 aromatic heterocycles. The number of nitrogens with zero attached hydrogens (tertiary/aromatic N) is 1.